The Kier molecular flexibility index (Phi) is 5.48. The first-order chi connectivity index (χ1) is 13.3. The van der Waals surface area contributed by atoms with E-state index in [2.05, 4.69) is 20.8 Å². The Bertz CT molecular complexity index is 1010. The number of carbonyl (C=O) groups excluding carboxylic acids is 2. The zero-order valence-electron chi connectivity index (χ0n) is 15.2. The van der Waals surface area contributed by atoms with Crippen molar-refractivity contribution >= 4 is 23.2 Å². The van der Waals surface area contributed by atoms with E-state index in [4.69, 9.17) is 0 Å². The van der Waals surface area contributed by atoms with Gasteiger partial charge in [-0.3, -0.25) is 19.0 Å². The Hall–Kier alpha value is -3.56. The number of aryl methyl sites for hydroxylation is 2. The van der Waals surface area contributed by atoms with Gasteiger partial charge in [0.05, 0.1) is 5.69 Å². The summed E-state index contributed by atoms with van der Waals surface area (Å²) in [7, 11) is 1.70. The third-order valence-corrected chi connectivity index (χ3v) is 3.80. The fraction of sp³-hybridized carbons (Fsp3) is 0.222. The number of nitrogens with zero attached hydrogens (tertiary/aromatic N) is 4. The molecule has 0 saturated heterocycles. The Morgan fingerprint density at radius 3 is 2.46 bits per heavy atom. The minimum Gasteiger partial charge on any atom is -0.324 e. The number of aromatic nitrogens is 4. The molecule has 0 bridgehead atoms. The summed E-state index contributed by atoms with van der Waals surface area (Å²) in [5.41, 5.74) is 1.21. The number of hydrogen-bond donors (Lipinski definition) is 2. The molecule has 0 aliphatic rings. The number of rotatable bonds is 6. The second-order valence-electron chi connectivity index (χ2n) is 6.13. The molecule has 8 nitrogen and oxygen atoms in total. The third kappa shape index (κ3) is 4.58. The molecular formula is C18H18F2N6O2. The molecule has 3 aromatic rings. The van der Waals surface area contributed by atoms with Crippen LogP contribution >= 0.6 is 0 Å². The smallest absolute Gasteiger partial charge is 0.280 e. The van der Waals surface area contributed by atoms with Gasteiger partial charge in [0.15, 0.2) is 5.69 Å². The number of halogens is 2. The van der Waals surface area contributed by atoms with Crippen LogP contribution in [-0.2, 0) is 18.4 Å². The average molecular weight is 388 g/mol. The van der Waals surface area contributed by atoms with Gasteiger partial charge in [-0.15, -0.1) is 0 Å². The molecule has 0 aliphatic carbocycles. The van der Waals surface area contributed by atoms with Crippen molar-refractivity contribution in [2.45, 2.75) is 19.9 Å². The summed E-state index contributed by atoms with van der Waals surface area (Å²) in [6, 6.07) is 9.30. The lowest BCUT2D eigenvalue weighted by molar-refractivity contribution is -0.117. The van der Waals surface area contributed by atoms with Crippen LogP contribution in [0.25, 0.3) is 0 Å². The van der Waals surface area contributed by atoms with Gasteiger partial charge in [0.1, 0.15) is 12.2 Å². The number of hydrogen-bond acceptors (Lipinski definition) is 4. The molecule has 0 atom stereocenters. The van der Waals surface area contributed by atoms with Gasteiger partial charge < -0.3 is 10.6 Å². The molecule has 0 spiro atoms. The van der Waals surface area contributed by atoms with Gasteiger partial charge in [0.25, 0.3) is 12.3 Å². The second-order valence-corrected chi connectivity index (χ2v) is 6.13. The molecule has 1 aromatic carbocycles. The summed E-state index contributed by atoms with van der Waals surface area (Å²) in [5, 5.41) is 13.2. The number of carbonyl (C=O) groups is 2. The molecule has 3 rings (SSSR count). The lowest BCUT2D eigenvalue weighted by atomic mass is 10.2. The highest BCUT2D eigenvalue weighted by Gasteiger charge is 2.17. The van der Waals surface area contributed by atoms with Crippen LogP contribution in [-0.4, -0.2) is 31.4 Å². The van der Waals surface area contributed by atoms with E-state index in [0.29, 0.717) is 17.1 Å². The molecule has 0 aliphatic heterocycles. The Morgan fingerprint density at radius 1 is 1.11 bits per heavy atom. The highest BCUT2D eigenvalue weighted by molar-refractivity contribution is 6.03. The summed E-state index contributed by atoms with van der Waals surface area (Å²) < 4.78 is 28.5. The van der Waals surface area contributed by atoms with Crippen LogP contribution in [0.5, 0.6) is 0 Å². The number of benzene rings is 1. The van der Waals surface area contributed by atoms with Crippen LogP contribution in [0.2, 0.25) is 0 Å². The van der Waals surface area contributed by atoms with Crippen molar-refractivity contribution in [1.29, 1.82) is 0 Å². The Labute approximate surface area is 159 Å². The zero-order chi connectivity index (χ0) is 20.3. The SMILES string of the molecule is Cc1cc(C(F)F)n(CC(=O)Nc2cccc(NC(=O)c3ccn(C)n3)c2)n1. The van der Waals surface area contributed by atoms with Crippen LogP contribution in [0.15, 0.2) is 42.6 Å². The van der Waals surface area contributed by atoms with E-state index in [-0.39, 0.29) is 17.9 Å². The van der Waals surface area contributed by atoms with Crippen LogP contribution in [0.1, 0.15) is 28.3 Å². The largest absolute Gasteiger partial charge is 0.324 e. The Morgan fingerprint density at radius 2 is 1.82 bits per heavy atom. The summed E-state index contributed by atoms with van der Waals surface area (Å²) in [4.78, 5) is 24.4. The first-order valence-corrected chi connectivity index (χ1v) is 8.35. The highest BCUT2D eigenvalue weighted by atomic mass is 19.3. The third-order valence-electron chi connectivity index (χ3n) is 3.80. The highest BCUT2D eigenvalue weighted by Crippen LogP contribution is 2.20. The normalized spacial score (nSPS) is 10.9. The van der Waals surface area contributed by atoms with Gasteiger partial charge in [-0.05, 0) is 37.3 Å². The summed E-state index contributed by atoms with van der Waals surface area (Å²) in [5.74, 6) is -0.907. The van der Waals surface area contributed by atoms with Crippen molar-refractivity contribution in [1.82, 2.24) is 19.6 Å². The number of anilines is 2. The molecule has 0 fully saturated rings. The van der Waals surface area contributed by atoms with Gasteiger partial charge in [0, 0.05) is 24.6 Å². The lowest BCUT2D eigenvalue weighted by Gasteiger charge is -2.10. The number of alkyl halides is 2. The molecule has 0 radical (unpaired) electrons. The predicted octanol–water partition coefficient (Wildman–Crippen LogP) is 2.75. The topological polar surface area (TPSA) is 93.8 Å². The molecule has 0 unspecified atom stereocenters. The van der Waals surface area contributed by atoms with Gasteiger partial charge in [-0.2, -0.15) is 10.2 Å². The predicted molar refractivity (Wildman–Crippen MR) is 98.2 cm³/mol. The molecule has 2 heterocycles. The molecule has 2 amide bonds. The molecule has 0 saturated carbocycles. The fourth-order valence-electron chi connectivity index (χ4n) is 2.61. The summed E-state index contributed by atoms with van der Waals surface area (Å²) in [6.07, 6.45) is -1.07. The van der Waals surface area contributed by atoms with Gasteiger partial charge in [-0.1, -0.05) is 6.07 Å². The monoisotopic (exact) mass is 388 g/mol. The van der Waals surface area contributed by atoms with Crippen molar-refractivity contribution < 1.29 is 18.4 Å². The van der Waals surface area contributed by atoms with E-state index in [1.807, 2.05) is 0 Å². The lowest BCUT2D eigenvalue weighted by Crippen LogP contribution is -2.21. The maximum absolute atomic E-state index is 13.0. The van der Waals surface area contributed by atoms with E-state index >= 15 is 0 Å². The molecule has 2 N–H and O–H groups in total. The van der Waals surface area contributed by atoms with E-state index in [1.54, 1.807) is 50.5 Å². The minimum atomic E-state index is -2.72. The van der Waals surface area contributed by atoms with Crippen molar-refractivity contribution in [2.75, 3.05) is 10.6 Å². The maximum atomic E-state index is 13.0. The van der Waals surface area contributed by atoms with Crippen LogP contribution in [0, 0.1) is 6.92 Å². The van der Waals surface area contributed by atoms with Gasteiger partial charge in [0.2, 0.25) is 5.91 Å². The fourth-order valence-corrected chi connectivity index (χ4v) is 2.61. The minimum absolute atomic E-state index is 0.255. The molecule has 10 heteroatoms. The van der Waals surface area contributed by atoms with Gasteiger partial charge in [-0.25, -0.2) is 8.78 Å². The quantitative estimate of drug-likeness (QED) is 0.679. The second kappa shape index (κ2) is 7.99. The van der Waals surface area contributed by atoms with Crippen molar-refractivity contribution in [3.63, 3.8) is 0 Å². The standard InChI is InChI=1S/C18H18F2N6O2/c1-11-8-15(17(19)20)26(23-11)10-16(27)21-12-4-3-5-13(9-12)22-18(28)14-6-7-25(2)24-14/h3-9,17H,10H2,1-2H3,(H,21,27)(H,22,28). The summed E-state index contributed by atoms with van der Waals surface area (Å²) >= 11 is 0. The van der Waals surface area contributed by atoms with Crippen molar-refractivity contribution in [3.05, 3.63) is 59.7 Å². The molecule has 2 aromatic heterocycles. The Balaban J connectivity index is 1.66. The number of nitrogens with one attached hydrogen (secondary N) is 2. The van der Waals surface area contributed by atoms with Crippen molar-refractivity contribution in [3.8, 4) is 0 Å². The maximum Gasteiger partial charge on any atom is 0.280 e. The van der Waals surface area contributed by atoms with E-state index in [1.165, 1.54) is 10.7 Å². The molecular weight excluding hydrogens is 370 g/mol. The molecule has 28 heavy (non-hydrogen) atoms. The first-order valence-electron chi connectivity index (χ1n) is 8.35. The van der Waals surface area contributed by atoms with Crippen LogP contribution in [0.3, 0.4) is 0 Å². The zero-order valence-corrected chi connectivity index (χ0v) is 15.2. The van der Waals surface area contributed by atoms with Gasteiger partial charge >= 0.3 is 0 Å². The van der Waals surface area contributed by atoms with Crippen LogP contribution in [0.4, 0.5) is 20.2 Å². The van der Waals surface area contributed by atoms with E-state index in [9.17, 15) is 18.4 Å². The summed E-state index contributed by atoms with van der Waals surface area (Å²) in [6.45, 7) is 1.23. The number of amides is 2. The molecule has 146 valence electrons. The average Bonchev–Trinajstić information content (AvgIpc) is 3.21. The van der Waals surface area contributed by atoms with Crippen molar-refractivity contribution in [2.24, 2.45) is 7.05 Å². The first kappa shape index (κ1) is 19.2. The van der Waals surface area contributed by atoms with Crippen LogP contribution < -0.4 is 10.6 Å². The van der Waals surface area contributed by atoms with E-state index in [0.717, 1.165) is 4.68 Å². The van der Waals surface area contributed by atoms with E-state index < -0.39 is 18.2 Å².